The molecule has 1 N–H and O–H groups in total. The molecule has 0 fully saturated rings. The summed E-state index contributed by atoms with van der Waals surface area (Å²) in [5, 5.41) is 11.1. The van der Waals surface area contributed by atoms with Crippen molar-refractivity contribution in [2.45, 2.75) is 31.8 Å². The number of aliphatic hydroxyl groups is 1. The molecule has 0 bridgehead atoms. The summed E-state index contributed by atoms with van der Waals surface area (Å²) in [7, 11) is 0. The van der Waals surface area contributed by atoms with Gasteiger partial charge in [-0.15, -0.1) is 0 Å². The van der Waals surface area contributed by atoms with Crippen molar-refractivity contribution >= 4 is 17.4 Å². The number of para-hydroxylation sites is 1. The fourth-order valence-electron chi connectivity index (χ4n) is 3.07. The Labute approximate surface area is 140 Å². The second kappa shape index (κ2) is 6.53. The van der Waals surface area contributed by atoms with Crippen LogP contribution < -0.4 is 4.90 Å². The molecule has 0 radical (unpaired) electrons. The molecule has 2 aromatic rings. The van der Waals surface area contributed by atoms with Gasteiger partial charge in [-0.05, 0) is 24.6 Å². The van der Waals surface area contributed by atoms with Crippen molar-refractivity contribution in [1.82, 2.24) is 4.98 Å². The SMILES string of the molecule is CCCCN1C(=O)[C@](O)(CC(=O)c2ccccn2)c2ccccc21. The Morgan fingerprint density at radius 1 is 1.21 bits per heavy atom. The van der Waals surface area contributed by atoms with Gasteiger partial charge in [0.15, 0.2) is 11.4 Å². The molecular weight excluding hydrogens is 304 g/mol. The number of anilines is 1. The highest BCUT2D eigenvalue weighted by Crippen LogP contribution is 2.42. The Kier molecular flexibility index (Phi) is 4.44. The van der Waals surface area contributed by atoms with E-state index < -0.39 is 11.5 Å². The number of amides is 1. The molecule has 1 aromatic carbocycles. The van der Waals surface area contributed by atoms with Gasteiger partial charge in [-0.1, -0.05) is 37.6 Å². The lowest BCUT2D eigenvalue weighted by Crippen LogP contribution is -2.42. The Balaban J connectivity index is 1.94. The number of Topliss-reactive ketones (excluding diaryl/α,β-unsaturated/α-hetero) is 1. The lowest BCUT2D eigenvalue weighted by Gasteiger charge is -2.22. The number of carbonyl (C=O) groups excluding carboxylic acids is 2. The van der Waals surface area contributed by atoms with Crippen molar-refractivity contribution < 1.29 is 14.7 Å². The predicted molar refractivity (Wildman–Crippen MR) is 90.8 cm³/mol. The van der Waals surface area contributed by atoms with E-state index in [9.17, 15) is 14.7 Å². The highest BCUT2D eigenvalue weighted by molar-refractivity contribution is 6.10. The second-order valence-corrected chi connectivity index (χ2v) is 6.00. The zero-order valence-electron chi connectivity index (χ0n) is 13.6. The number of unbranched alkanes of at least 4 members (excludes halogenated alkanes) is 1. The van der Waals surface area contributed by atoms with Gasteiger partial charge in [0.1, 0.15) is 5.69 Å². The largest absolute Gasteiger partial charge is 0.375 e. The molecule has 1 aliphatic rings. The van der Waals surface area contributed by atoms with Crippen LogP contribution in [0.5, 0.6) is 0 Å². The van der Waals surface area contributed by atoms with Crippen LogP contribution in [0, 0.1) is 0 Å². The van der Waals surface area contributed by atoms with Crippen LogP contribution in [0.2, 0.25) is 0 Å². The molecule has 5 heteroatoms. The molecule has 1 aromatic heterocycles. The fourth-order valence-corrected chi connectivity index (χ4v) is 3.07. The Bertz CT molecular complexity index is 760. The van der Waals surface area contributed by atoms with E-state index in [0.29, 0.717) is 17.8 Å². The fraction of sp³-hybridized carbons (Fsp3) is 0.316. The van der Waals surface area contributed by atoms with Crippen molar-refractivity contribution in [3.05, 3.63) is 59.9 Å². The number of carbonyl (C=O) groups is 2. The maximum Gasteiger partial charge on any atom is 0.264 e. The number of hydrogen-bond acceptors (Lipinski definition) is 4. The topological polar surface area (TPSA) is 70.5 Å². The van der Waals surface area contributed by atoms with Gasteiger partial charge in [0.2, 0.25) is 0 Å². The maximum atomic E-state index is 12.9. The van der Waals surface area contributed by atoms with Gasteiger partial charge in [0.05, 0.1) is 12.1 Å². The van der Waals surface area contributed by atoms with Gasteiger partial charge >= 0.3 is 0 Å². The molecule has 5 nitrogen and oxygen atoms in total. The van der Waals surface area contributed by atoms with E-state index in [1.54, 1.807) is 35.2 Å². The first-order chi connectivity index (χ1) is 11.6. The van der Waals surface area contributed by atoms with Crippen molar-refractivity contribution in [1.29, 1.82) is 0 Å². The van der Waals surface area contributed by atoms with E-state index in [1.807, 2.05) is 19.1 Å². The van der Waals surface area contributed by atoms with Crippen LogP contribution in [-0.4, -0.2) is 28.3 Å². The van der Waals surface area contributed by atoms with Crippen LogP contribution in [-0.2, 0) is 10.4 Å². The quantitative estimate of drug-likeness (QED) is 0.829. The molecule has 0 saturated heterocycles. The summed E-state index contributed by atoms with van der Waals surface area (Å²) < 4.78 is 0. The van der Waals surface area contributed by atoms with Gasteiger partial charge in [0.25, 0.3) is 5.91 Å². The minimum Gasteiger partial charge on any atom is -0.375 e. The third kappa shape index (κ3) is 2.71. The number of rotatable bonds is 6. The minimum atomic E-state index is -1.82. The first kappa shape index (κ1) is 16.3. The Morgan fingerprint density at radius 2 is 1.96 bits per heavy atom. The molecule has 3 rings (SSSR count). The summed E-state index contributed by atoms with van der Waals surface area (Å²) >= 11 is 0. The highest BCUT2D eigenvalue weighted by Gasteiger charge is 2.50. The van der Waals surface area contributed by atoms with Gasteiger partial charge in [0, 0.05) is 18.3 Å². The summed E-state index contributed by atoms with van der Waals surface area (Å²) in [4.78, 5) is 31.0. The van der Waals surface area contributed by atoms with E-state index in [0.717, 1.165) is 12.8 Å². The van der Waals surface area contributed by atoms with Crippen molar-refractivity contribution in [2.75, 3.05) is 11.4 Å². The van der Waals surface area contributed by atoms with Crippen molar-refractivity contribution in [3.8, 4) is 0 Å². The van der Waals surface area contributed by atoms with Gasteiger partial charge in [-0.3, -0.25) is 14.6 Å². The standard InChI is InChI=1S/C19H20N2O3/c1-2-3-12-21-16-10-5-4-8-14(16)19(24,18(21)23)13-17(22)15-9-6-7-11-20-15/h4-11,24H,2-3,12-13H2,1H3/t19-/m0/s1. The zero-order chi connectivity index (χ0) is 17.2. The number of fused-ring (bicyclic) bond motifs is 1. The molecule has 0 unspecified atom stereocenters. The van der Waals surface area contributed by atoms with E-state index in [2.05, 4.69) is 4.98 Å². The summed E-state index contributed by atoms with van der Waals surface area (Å²) in [6.07, 6.45) is 3.00. The number of aromatic nitrogens is 1. The number of hydrogen-bond donors (Lipinski definition) is 1. The molecule has 0 saturated carbocycles. The molecule has 1 amide bonds. The summed E-state index contributed by atoms with van der Waals surface area (Å²) in [5.74, 6) is -0.778. The summed E-state index contributed by atoms with van der Waals surface area (Å²) in [6.45, 7) is 2.58. The van der Waals surface area contributed by atoms with E-state index in [4.69, 9.17) is 0 Å². The van der Waals surface area contributed by atoms with E-state index in [1.165, 1.54) is 6.20 Å². The maximum absolute atomic E-state index is 12.9. The summed E-state index contributed by atoms with van der Waals surface area (Å²) in [6, 6.07) is 12.1. The van der Waals surface area contributed by atoms with Crippen LogP contribution in [0.1, 0.15) is 42.2 Å². The lowest BCUT2D eigenvalue weighted by molar-refractivity contribution is -0.135. The van der Waals surface area contributed by atoms with Crippen LogP contribution in [0.3, 0.4) is 0 Å². The molecular formula is C19H20N2O3. The average molecular weight is 324 g/mol. The zero-order valence-corrected chi connectivity index (χ0v) is 13.6. The molecule has 0 aliphatic carbocycles. The number of ketones is 1. The third-order valence-corrected chi connectivity index (χ3v) is 4.34. The van der Waals surface area contributed by atoms with E-state index in [-0.39, 0.29) is 17.9 Å². The molecule has 1 atom stereocenters. The Hall–Kier alpha value is -2.53. The predicted octanol–water partition coefficient (Wildman–Crippen LogP) is 2.69. The third-order valence-electron chi connectivity index (χ3n) is 4.34. The van der Waals surface area contributed by atoms with Crippen LogP contribution >= 0.6 is 0 Å². The van der Waals surface area contributed by atoms with Gasteiger partial charge < -0.3 is 10.0 Å². The molecule has 124 valence electrons. The van der Waals surface area contributed by atoms with Gasteiger partial charge in [-0.25, -0.2) is 0 Å². The number of benzene rings is 1. The van der Waals surface area contributed by atoms with Crippen LogP contribution in [0.25, 0.3) is 0 Å². The Morgan fingerprint density at radius 3 is 2.67 bits per heavy atom. The minimum absolute atomic E-state index is 0.253. The molecule has 1 aliphatic heterocycles. The normalized spacial score (nSPS) is 19.4. The number of pyridine rings is 1. The monoisotopic (exact) mass is 324 g/mol. The van der Waals surface area contributed by atoms with E-state index >= 15 is 0 Å². The average Bonchev–Trinajstić information content (AvgIpc) is 2.82. The highest BCUT2D eigenvalue weighted by atomic mass is 16.3. The van der Waals surface area contributed by atoms with Crippen molar-refractivity contribution in [2.24, 2.45) is 0 Å². The van der Waals surface area contributed by atoms with Crippen LogP contribution in [0.15, 0.2) is 48.7 Å². The molecule has 2 heterocycles. The van der Waals surface area contributed by atoms with Crippen molar-refractivity contribution in [3.63, 3.8) is 0 Å². The first-order valence-corrected chi connectivity index (χ1v) is 8.16. The van der Waals surface area contributed by atoms with Gasteiger partial charge in [-0.2, -0.15) is 0 Å². The van der Waals surface area contributed by atoms with Crippen LogP contribution in [0.4, 0.5) is 5.69 Å². The number of nitrogens with zero attached hydrogens (tertiary/aromatic N) is 2. The smallest absolute Gasteiger partial charge is 0.264 e. The first-order valence-electron chi connectivity index (χ1n) is 8.16. The summed E-state index contributed by atoms with van der Waals surface area (Å²) in [5.41, 5.74) is -0.385. The molecule has 24 heavy (non-hydrogen) atoms. The lowest BCUT2D eigenvalue weighted by atomic mass is 9.89. The molecule has 0 spiro atoms. The second-order valence-electron chi connectivity index (χ2n) is 6.00.